The van der Waals surface area contributed by atoms with Crippen molar-refractivity contribution >= 4 is 48.9 Å². The molecule has 0 amide bonds. The molecular weight excluding hydrogens is 506 g/mol. The minimum absolute atomic E-state index is 0.153. The van der Waals surface area contributed by atoms with Crippen molar-refractivity contribution < 1.29 is 0 Å². The van der Waals surface area contributed by atoms with Gasteiger partial charge in [-0.3, -0.25) is 0 Å². The fourth-order valence-electron chi connectivity index (χ4n) is 7.73. The molecule has 42 heavy (non-hydrogen) atoms. The fraction of sp³-hybridized carbons (Fsp3) is 0.122. The third kappa shape index (κ3) is 3.31. The van der Waals surface area contributed by atoms with Crippen LogP contribution in [0.5, 0.6) is 0 Å². The van der Waals surface area contributed by atoms with Crippen LogP contribution in [0.3, 0.4) is 0 Å². The lowest BCUT2D eigenvalue weighted by atomic mass is 9.76. The van der Waals surface area contributed by atoms with Gasteiger partial charge in [-0.05, 0) is 97.5 Å². The molecule has 0 unspecified atom stereocenters. The summed E-state index contributed by atoms with van der Waals surface area (Å²) in [6.45, 7) is 4.68. The average Bonchev–Trinajstić information content (AvgIpc) is 3.34. The molecule has 1 heteroatoms. The largest absolute Gasteiger partial charge is 0.309 e. The highest BCUT2D eigenvalue weighted by molar-refractivity contribution is 6.21. The molecule has 0 radical (unpaired) electrons. The topological polar surface area (TPSA) is 4.93 Å². The molecule has 200 valence electrons. The van der Waals surface area contributed by atoms with Crippen LogP contribution in [0, 0.1) is 5.41 Å². The summed E-state index contributed by atoms with van der Waals surface area (Å²) < 4.78 is 2.44. The summed E-state index contributed by atoms with van der Waals surface area (Å²) in [7, 11) is 0. The third-order valence-electron chi connectivity index (χ3n) is 9.49. The summed E-state index contributed by atoms with van der Waals surface area (Å²) in [6, 6.07) is 40.7. The van der Waals surface area contributed by atoms with Gasteiger partial charge in [-0.25, -0.2) is 0 Å². The van der Waals surface area contributed by atoms with Crippen molar-refractivity contribution in [2.45, 2.75) is 26.7 Å². The normalized spacial score (nSPS) is 15.4. The van der Waals surface area contributed by atoms with E-state index in [-0.39, 0.29) is 5.41 Å². The first-order valence-corrected chi connectivity index (χ1v) is 15.1. The number of nitrogens with zero attached hydrogens (tertiary/aromatic N) is 1. The van der Waals surface area contributed by atoms with Gasteiger partial charge in [0, 0.05) is 16.5 Å². The Labute approximate surface area is 246 Å². The molecule has 2 aliphatic rings. The summed E-state index contributed by atoms with van der Waals surface area (Å²) in [6.07, 6.45) is 9.19. The SMILES string of the molecule is CC1(C)C=C(c2c3ccccc3c3c4c(cccc24)Cc2cc(-n4c5ccccc5c5ccccc54)ccc2-3)C=CC1. The van der Waals surface area contributed by atoms with E-state index >= 15 is 0 Å². The van der Waals surface area contributed by atoms with Crippen molar-refractivity contribution in [3.05, 3.63) is 144 Å². The van der Waals surface area contributed by atoms with Crippen molar-refractivity contribution in [3.63, 3.8) is 0 Å². The fourth-order valence-corrected chi connectivity index (χ4v) is 7.73. The highest BCUT2D eigenvalue weighted by atomic mass is 15.0. The molecule has 1 nitrogen and oxygen atoms in total. The lowest BCUT2D eigenvalue weighted by Gasteiger charge is -2.28. The Morgan fingerprint density at radius 2 is 1.24 bits per heavy atom. The first-order valence-electron chi connectivity index (χ1n) is 15.1. The van der Waals surface area contributed by atoms with Crippen molar-refractivity contribution in [2.75, 3.05) is 0 Å². The van der Waals surface area contributed by atoms with Crippen LogP contribution in [0.2, 0.25) is 0 Å². The van der Waals surface area contributed by atoms with Gasteiger partial charge in [-0.15, -0.1) is 0 Å². The molecule has 0 atom stereocenters. The molecule has 0 fully saturated rings. The van der Waals surface area contributed by atoms with Crippen LogP contribution in [0.25, 0.3) is 65.7 Å². The van der Waals surface area contributed by atoms with Crippen LogP contribution in [0.1, 0.15) is 37.0 Å². The molecule has 0 aliphatic heterocycles. The molecule has 0 saturated carbocycles. The molecule has 1 aromatic heterocycles. The first-order chi connectivity index (χ1) is 20.6. The third-order valence-corrected chi connectivity index (χ3v) is 9.49. The number of fused-ring (bicyclic) bond motifs is 7. The number of hydrogen-bond donors (Lipinski definition) is 0. The van der Waals surface area contributed by atoms with Crippen molar-refractivity contribution in [1.29, 1.82) is 0 Å². The molecule has 0 bridgehead atoms. The smallest absolute Gasteiger partial charge is 0.0541 e. The van der Waals surface area contributed by atoms with E-state index in [4.69, 9.17) is 0 Å². The Kier molecular flexibility index (Phi) is 4.85. The molecule has 7 aromatic rings. The van der Waals surface area contributed by atoms with E-state index in [1.54, 1.807) is 0 Å². The van der Waals surface area contributed by atoms with Crippen LogP contribution in [-0.2, 0) is 6.42 Å². The second-order valence-electron chi connectivity index (χ2n) is 12.7. The maximum atomic E-state index is 2.48. The van der Waals surface area contributed by atoms with E-state index in [9.17, 15) is 0 Å². The molecule has 9 rings (SSSR count). The molecule has 0 saturated heterocycles. The van der Waals surface area contributed by atoms with Gasteiger partial charge >= 0.3 is 0 Å². The second-order valence-corrected chi connectivity index (χ2v) is 12.7. The van der Waals surface area contributed by atoms with E-state index in [0.717, 1.165) is 12.8 Å². The molecule has 0 spiro atoms. The standard InChI is InChI=1S/C41H31N/c1-41(2)22-10-12-27(25-41)38-33-15-3-4-16-34(33)40-30-21-20-29(24-28(30)23-26-11-9-17-35(38)39(26)40)42-36-18-7-5-13-31(36)32-14-6-8-19-37(32)42/h3-21,24-25H,22-23H2,1-2H3. The molecule has 2 aliphatic carbocycles. The zero-order valence-electron chi connectivity index (χ0n) is 24.0. The lowest BCUT2D eigenvalue weighted by Crippen LogP contribution is -2.10. The summed E-state index contributed by atoms with van der Waals surface area (Å²) in [5.41, 5.74) is 12.2. The maximum absolute atomic E-state index is 2.48. The number of benzene rings is 6. The Morgan fingerprint density at radius 3 is 1.95 bits per heavy atom. The van der Waals surface area contributed by atoms with Crippen molar-refractivity contribution in [1.82, 2.24) is 4.57 Å². The Bertz CT molecular complexity index is 2270. The first kappa shape index (κ1) is 23.8. The monoisotopic (exact) mass is 537 g/mol. The van der Waals surface area contributed by atoms with E-state index < -0.39 is 0 Å². The van der Waals surface area contributed by atoms with Crippen LogP contribution < -0.4 is 0 Å². The Hall–Kier alpha value is -4.88. The zero-order valence-corrected chi connectivity index (χ0v) is 24.0. The van der Waals surface area contributed by atoms with Gasteiger partial charge in [-0.1, -0.05) is 117 Å². The summed E-state index contributed by atoms with van der Waals surface area (Å²) >= 11 is 0. The van der Waals surface area contributed by atoms with Crippen LogP contribution in [0.15, 0.2) is 127 Å². The number of rotatable bonds is 2. The highest BCUT2D eigenvalue weighted by Crippen LogP contribution is 2.49. The van der Waals surface area contributed by atoms with E-state index in [0.29, 0.717) is 0 Å². The highest BCUT2D eigenvalue weighted by Gasteiger charge is 2.26. The number of para-hydroxylation sites is 2. The summed E-state index contributed by atoms with van der Waals surface area (Å²) in [4.78, 5) is 0. The van der Waals surface area contributed by atoms with Gasteiger partial charge in [0.25, 0.3) is 0 Å². The van der Waals surface area contributed by atoms with Gasteiger partial charge in [-0.2, -0.15) is 0 Å². The predicted octanol–water partition coefficient (Wildman–Crippen LogP) is 11.0. The quantitative estimate of drug-likeness (QED) is 0.193. The van der Waals surface area contributed by atoms with Crippen molar-refractivity contribution in [2.24, 2.45) is 5.41 Å². The van der Waals surface area contributed by atoms with Crippen LogP contribution >= 0.6 is 0 Å². The van der Waals surface area contributed by atoms with Gasteiger partial charge in [0.1, 0.15) is 0 Å². The minimum atomic E-state index is 0.153. The average molecular weight is 538 g/mol. The van der Waals surface area contributed by atoms with Gasteiger partial charge in [0.15, 0.2) is 0 Å². The minimum Gasteiger partial charge on any atom is -0.309 e. The molecule has 0 N–H and O–H groups in total. The maximum Gasteiger partial charge on any atom is 0.0541 e. The Morgan fingerprint density at radius 1 is 0.595 bits per heavy atom. The van der Waals surface area contributed by atoms with Crippen LogP contribution in [0.4, 0.5) is 0 Å². The van der Waals surface area contributed by atoms with Crippen molar-refractivity contribution in [3.8, 4) is 16.8 Å². The summed E-state index contributed by atoms with van der Waals surface area (Å²) in [5.74, 6) is 0. The Balaban J connectivity index is 1.33. The van der Waals surface area contributed by atoms with Gasteiger partial charge < -0.3 is 4.57 Å². The summed E-state index contributed by atoms with van der Waals surface area (Å²) in [5, 5.41) is 8.07. The zero-order chi connectivity index (χ0) is 28.0. The molecule has 6 aromatic carbocycles. The molecule has 1 heterocycles. The number of hydrogen-bond acceptors (Lipinski definition) is 0. The van der Waals surface area contributed by atoms with Crippen LogP contribution in [-0.4, -0.2) is 4.57 Å². The number of allylic oxidation sites excluding steroid dienone is 4. The molecular formula is C41H31N. The number of aromatic nitrogens is 1. The van der Waals surface area contributed by atoms with E-state index in [1.165, 1.54) is 82.4 Å². The second kappa shape index (κ2) is 8.57. The predicted molar refractivity (Wildman–Crippen MR) is 180 cm³/mol. The lowest BCUT2D eigenvalue weighted by molar-refractivity contribution is 0.486. The van der Waals surface area contributed by atoms with E-state index in [1.807, 2.05) is 0 Å². The van der Waals surface area contributed by atoms with E-state index in [2.05, 4.69) is 146 Å². The van der Waals surface area contributed by atoms with Gasteiger partial charge in [0.05, 0.1) is 11.0 Å². The van der Waals surface area contributed by atoms with Gasteiger partial charge in [0.2, 0.25) is 0 Å².